The van der Waals surface area contributed by atoms with Crippen molar-refractivity contribution in [1.29, 1.82) is 0 Å². The second-order valence-corrected chi connectivity index (χ2v) is 6.31. The van der Waals surface area contributed by atoms with Crippen LogP contribution < -0.4 is 5.73 Å². The number of nitrogens with zero attached hydrogens (tertiary/aromatic N) is 1. The summed E-state index contributed by atoms with van der Waals surface area (Å²) in [5, 5.41) is 9.00. The van der Waals surface area contributed by atoms with Gasteiger partial charge in [0.25, 0.3) is 0 Å². The Morgan fingerprint density at radius 2 is 2.11 bits per heavy atom. The van der Waals surface area contributed by atoms with Crippen LogP contribution in [-0.4, -0.2) is 37.0 Å². The first-order chi connectivity index (χ1) is 8.59. The van der Waals surface area contributed by atoms with E-state index in [2.05, 4.69) is 0 Å². The summed E-state index contributed by atoms with van der Waals surface area (Å²) >= 11 is 0. The molecule has 1 aromatic carbocycles. The predicted molar refractivity (Wildman–Crippen MR) is 68.3 cm³/mol. The first kappa shape index (κ1) is 13.5. The SMILES string of the molecule is NCc1cccc(S(=O)(=O)N(CCO)C2CC2)c1. The van der Waals surface area contributed by atoms with Crippen molar-refractivity contribution in [2.24, 2.45) is 5.73 Å². The molecule has 1 fully saturated rings. The molecule has 1 aliphatic rings. The molecule has 0 aromatic heterocycles. The number of hydrogen-bond acceptors (Lipinski definition) is 4. The summed E-state index contributed by atoms with van der Waals surface area (Å²) in [4.78, 5) is 0.255. The van der Waals surface area contributed by atoms with E-state index in [1.807, 2.05) is 0 Å². The van der Waals surface area contributed by atoms with Gasteiger partial charge in [0.05, 0.1) is 11.5 Å². The van der Waals surface area contributed by atoms with Gasteiger partial charge >= 0.3 is 0 Å². The summed E-state index contributed by atoms with van der Waals surface area (Å²) in [6.45, 7) is 0.305. The molecule has 5 nitrogen and oxygen atoms in total. The van der Waals surface area contributed by atoms with Crippen LogP contribution in [0, 0.1) is 0 Å². The lowest BCUT2D eigenvalue weighted by molar-refractivity contribution is 0.250. The Morgan fingerprint density at radius 3 is 2.67 bits per heavy atom. The largest absolute Gasteiger partial charge is 0.395 e. The van der Waals surface area contributed by atoms with Gasteiger partial charge in [-0.1, -0.05) is 12.1 Å². The van der Waals surface area contributed by atoms with Crippen LogP contribution >= 0.6 is 0 Å². The van der Waals surface area contributed by atoms with Gasteiger partial charge in [-0.3, -0.25) is 0 Å². The van der Waals surface area contributed by atoms with E-state index in [-0.39, 0.29) is 24.1 Å². The van der Waals surface area contributed by atoms with E-state index in [0.717, 1.165) is 18.4 Å². The van der Waals surface area contributed by atoms with E-state index >= 15 is 0 Å². The van der Waals surface area contributed by atoms with Crippen LogP contribution in [0.2, 0.25) is 0 Å². The van der Waals surface area contributed by atoms with Gasteiger partial charge in [0, 0.05) is 19.1 Å². The molecule has 0 spiro atoms. The summed E-state index contributed by atoms with van der Waals surface area (Å²) < 4.78 is 26.3. The third-order valence-corrected chi connectivity index (χ3v) is 4.96. The predicted octanol–water partition coefficient (Wildman–Crippen LogP) is 0.291. The van der Waals surface area contributed by atoms with Gasteiger partial charge in [-0.2, -0.15) is 4.31 Å². The van der Waals surface area contributed by atoms with Gasteiger partial charge in [-0.05, 0) is 30.5 Å². The first-order valence-corrected chi connectivity index (χ1v) is 7.45. The average molecular weight is 270 g/mol. The Balaban J connectivity index is 2.32. The second-order valence-electron chi connectivity index (χ2n) is 4.42. The minimum atomic E-state index is -3.51. The normalized spacial score (nSPS) is 16.2. The van der Waals surface area contributed by atoms with Gasteiger partial charge in [-0.15, -0.1) is 0 Å². The van der Waals surface area contributed by atoms with Crippen LogP contribution in [-0.2, 0) is 16.6 Å². The summed E-state index contributed by atoms with van der Waals surface area (Å²) in [5.74, 6) is 0. The zero-order valence-electron chi connectivity index (χ0n) is 10.1. The Morgan fingerprint density at radius 1 is 1.39 bits per heavy atom. The Hall–Kier alpha value is -0.950. The van der Waals surface area contributed by atoms with E-state index in [1.165, 1.54) is 4.31 Å². The lowest BCUT2D eigenvalue weighted by atomic mass is 10.2. The third kappa shape index (κ3) is 2.72. The van der Waals surface area contributed by atoms with Crippen LogP contribution in [0.3, 0.4) is 0 Å². The smallest absolute Gasteiger partial charge is 0.243 e. The minimum absolute atomic E-state index is 0.0451. The van der Waals surface area contributed by atoms with E-state index in [9.17, 15) is 8.42 Å². The van der Waals surface area contributed by atoms with Crippen molar-refractivity contribution in [3.63, 3.8) is 0 Å². The maximum absolute atomic E-state index is 12.4. The average Bonchev–Trinajstić information content (AvgIpc) is 3.20. The third-order valence-electron chi connectivity index (χ3n) is 3.02. The Labute approximate surface area is 107 Å². The molecule has 0 saturated heterocycles. The maximum Gasteiger partial charge on any atom is 0.243 e. The lowest BCUT2D eigenvalue weighted by Gasteiger charge is -2.21. The van der Waals surface area contributed by atoms with Crippen molar-refractivity contribution in [3.8, 4) is 0 Å². The Bertz CT molecular complexity index is 512. The first-order valence-electron chi connectivity index (χ1n) is 6.01. The second kappa shape index (κ2) is 5.36. The van der Waals surface area contributed by atoms with E-state index in [1.54, 1.807) is 24.3 Å². The number of sulfonamides is 1. The van der Waals surface area contributed by atoms with Crippen molar-refractivity contribution in [2.75, 3.05) is 13.2 Å². The number of benzene rings is 1. The maximum atomic E-state index is 12.4. The van der Waals surface area contributed by atoms with E-state index in [4.69, 9.17) is 10.8 Å². The van der Waals surface area contributed by atoms with Gasteiger partial charge in [0.2, 0.25) is 10.0 Å². The summed E-state index contributed by atoms with van der Waals surface area (Å²) in [6.07, 6.45) is 1.74. The minimum Gasteiger partial charge on any atom is -0.395 e. The molecule has 0 aliphatic heterocycles. The van der Waals surface area contributed by atoms with Crippen LogP contribution in [0.1, 0.15) is 18.4 Å². The summed E-state index contributed by atoms with van der Waals surface area (Å²) in [7, 11) is -3.51. The molecule has 18 heavy (non-hydrogen) atoms. The fourth-order valence-corrected chi connectivity index (χ4v) is 3.68. The number of aliphatic hydroxyl groups is 1. The highest BCUT2D eigenvalue weighted by atomic mass is 32.2. The van der Waals surface area contributed by atoms with Gasteiger partial charge < -0.3 is 10.8 Å². The topological polar surface area (TPSA) is 83.6 Å². The lowest BCUT2D eigenvalue weighted by Crippen LogP contribution is -2.35. The number of aliphatic hydroxyl groups excluding tert-OH is 1. The molecule has 1 aliphatic carbocycles. The zero-order chi connectivity index (χ0) is 13.2. The van der Waals surface area contributed by atoms with Crippen LogP contribution in [0.4, 0.5) is 0 Å². The van der Waals surface area contributed by atoms with Crippen molar-refractivity contribution < 1.29 is 13.5 Å². The molecular weight excluding hydrogens is 252 g/mol. The highest BCUT2D eigenvalue weighted by Gasteiger charge is 2.37. The standard InChI is InChI=1S/C12H18N2O3S/c13-9-10-2-1-3-12(8-10)18(16,17)14(6-7-15)11-4-5-11/h1-3,8,11,15H,4-7,9,13H2. The molecule has 0 bridgehead atoms. The van der Waals surface area contributed by atoms with Crippen molar-refractivity contribution in [1.82, 2.24) is 4.31 Å². The molecule has 0 atom stereocenters. The van der Waals surface area contributed by atoms with Gasteiger partial charge in [0.15, 0.2) is 0 Å². The molecule has 0 heterocycles. The fourth-order valence-electron chi connectivity index (χ4n) is 1.93. The van der Waals surface area contributed by atoms with Gasteiger partial charge in [0.1, 0.15) is 0 Å². The fraction of sp³-hybridized carbons (Fsp3) is 0.500. The molecule has 0 unspecified atom stereocenters. The van der Waals surface area contributed by atoms with Crippen molar-refractivity contribution in [2.45, 2.75) is 30.3 Å². The van der Waals surface area contributed by atoms with Crippen LogP contribution in [0.25, 0.3) is 0 Å². The molecule has 100 valence electrons. The Kier molecular flexibility index (Phi) is 4.01. The van der Waals surface area contributed by atoms with E-state index < -0.39 is 10.0 Å². The molecule has 0 radical (unpaired) electrons. The van der Waals surface area contributed by atoms with E-state index in [0.29, 0.717) is 6.54 Å². The molecule has 2 rings (SSSR count). The highest BCUT2D eigenvalue weighted by molar-refractivity contribution is 7.89. The van der Waals surface area contributed by atoms with Gasteiger partial charge in [-0.25, -0.2) is 8.42 Å². The van der Waals surface area contributed by atoms with Crippen LogP contribution in [0.5, 0.6) is 0 Å². The number of rotatable bonds is 6. The molecule has 3 N–H and O–H groups in total. The summed E-state index contributed by atoms with van der Waals surface area (Å²) in [5.41, 5.74) is 6.31. The molecule has 0 amide bonds. The highest BCUT2D eigenvalue weighted by Crippen LogP contribution is 2.31. The number of hydrogen-bond donors (Lipinski definition) is 2. The molecule has 6 heteroatoms. The molecular formula is C12H18N2O3S. The molecule has 1 aromatic rings. The van der Waals surface area contributed by atoms with Crippen molar-refractivity contribution >= 4 is 10.0 Å². The summed E-state index contributed by atoms with van der Waals surface area (Å²) in [6, 6.07) is 6.71. The monoisotopic (exact) mass is 270 g/mol. The molecule has 1 saturated carbocycles. The quantitative estimate of drug-likeness (QED) is 0.778. The number of nitrogens with two attached hydrogens (primary N) is 1. The van der Waals surface area contributed by atoms with Crippen molar-refractivity contribution in [3.05, 3.63) is 29.8 Å². The zero-order valence-corrected chi connectivity index (χ0v) is 10.9. The van der Waals surface area contributed by atoms with Crippen LogP contribution in [0.15, 0.2) is 29.2 Å².